The van der Waals surface area contributed by atoms with Crippen molar-refractivity contribution in [1.29, 1.82) is 5.26 Å². The van der Waals surface area contributed by atoms with Gasteiger partial charge in [0.2, 0.25) is 0 Å². The van der Waals surface area contributed by atoms with Crippen molar-refractivity contribution in [3.63, 3.8) is 0 Å². The van der Waals surface area contributed by atoms with Crippen molar-refractivity contribution in [3.8, 4) is 6.07 Å². The van der Waals surface area contributed by atoms with Crippen molar-refractivity contribution in [2.75, 3.05) is 0 Å². The number of allylic oxidation sites excluding steroid dienone is 1. The second-order valence-electron chi connectivity index (χ2n) is 2.60. The lowest BCUT2D eigenvalue weighted by Gasteiger charge is -2.01. The highest BCUT2D eigenvalue weighted by molar-refractivity contribution is 7.20. The van der Waals surface area contributed by atoms with Gasteiger partial charge in [-0.05, 0) is 12.5 Å². The highest BCUT2D eigenvalue weighted by atomic mass is 35.5. The summed E-state index contributed by atoms with van der Waals surface area (Å²) in [6, 6.07) is 3.72. The van der Waals surface area contributed by atoms with Crippen molar-refractivity contribution < 1.29 is 0 Å². The fraction of sp³-hybridized carbons (Fsp3) is 0.222. The van der Waals surface area contributed by atoms with Crippen LogP contribution in [0.15, 0.2) is 11.6 Å². The smallest absolute Gasteiger partial charge is 0.104 e. The first-order valence-corrected chi connectivity index (χ1v) is 5.51. The summed E-state index contributed by atoms with van der Waals surface area (Å²) >= 11 is 12.9. The molecule has 2 N–H and O–H groups in total. The average Bonchev–Trinajstić information content (AvgIpc) is 2.47. The van der Waals surface area contributed by atoms with Crippen molar-refractivity contribution in [1.82, 2.24) is 0 Å². The molecule has 0 saturated heterocycles. The van der Waals surface area contributed by atoms with Crippen LogP contribution in [0.5, 0.6) is 0 Å². The number of nitriles is 1. The van der Waals surface area contributed by atoms with E-state index in [1.54, 1.807) is 6.07 Å². The number of nitrogens with two attached hydrogens (primary N) is 1. The van der Waals surface area contributed by atoms with Crippen LogP contribution in [0.2, 0.25) is 8.67 Å². The molecule has 0 aliphatic carbocycles. The fourth-order valence-electron chi connectivity index (χ4n) is 1.02. The van der Waals surface area contributed by atoms with Crippen LogP contribution in [0.3, 0.4) is 0 Å². The minimum absolute atomic E-state index is 0.420. The Balaban J connectivity index is 3.24. The van der Waals surface area contributed by atoms with Gasteiger partial charge in [0.15, 0.2) is 0 Å². The number of rotatable bonds is 2. The molecule has 1 rings (SSSR count). The van der Waals surface area contributed by atoms with Crippen LogP contribution in [-0.2, 0) is 0 Å². The summed E-state index contributed by atoms with van der Waals surface area (Å²) in [5.74, 6) is 0. The molecule has 5 heteroatoms. The molecule has 1 aromatic heterocycles. The van der Waals surface area contributed by atoms with Gasteiger partial charge in [-0.25, -0.2) is 0 Å². The molecule has 14 heavy (non-hydrogen) atoms. The molecule has 0 aromatic carbocycles. The maximum absolute atomic E-state index is 8.79. The summed E-state index contributed by atoms with van der Waals surface area (Å²) in [6.07, 6.45) is 0.589. The molecular formula is C9H8Cl2N2S. The zero-order chi connectivity index (χ0) is 10.7. The molecular weight excluding hydrogens is 239 g/mol. The van der Waals surface area contributed by atoms with Gasteiger partial charge in [-0.15, -0.1) is 11.3 Å². The van der Waals surface area contributed by atoms with Crippen molar-refractivity contribution >= 4 is 40.2 Å². The molecule has 0 fully saturated rings. The quantitative estimate of drug-likeness (QED) is 0.810. The fourth-order valence-corrected chi connectivity index (χ4v) is 2.51. The third-order valence-corrected chi connectivity index (χ3v) is 3.25. The van der Waals surface area contributed by atoms with E-state index in [1.807, 2.05) is 13.0 Å². The summed E-state index contributed by atoms with van der Waals surface area (Å²) in [5, 5.41) is 8.79. The van der Waals surface area contributed by atoms with Gasteiger partial charge in [-0.1, -0.05) is 30.1 Å². The normalized spacial score (nSPS) is 12.1. The Labute approximate surface area is 96.5 Å². The lowest BCUT2D eigenvalue weighted by atomic mass is 10.1. The van der Waals surface area contributed by atoms with E-state index >= 15 is 0 Å². The molecule has 0 unspecified atom stereocenters. The van der Waals surface area contributed by atoms with Crippen LogP contribution >= 0.6 is 34.5 Å². The predicted octanol–water partition coefficient (Wildman–Crippen LogP) is 3.66. The van der Waals surface area contributed by atoms with Gasteiger partial charge in [-0.2, -0.15) is 5.26 Å². The second kappa shape index (κ2) is 4.70. The Bertz CT molecular complexity index is 415. The summed E-state index contributed by atoms with van der Waals surface area (Å²) in [7, 11) is 0. The van der Waals surface area contributed by atoms with Crippen molar-refractivity contribution in [2.24, 2.45) is 5.73 Å². The minimum Gasteiger partial charge on any atom is -0.397 e. The Morgan fingerprint density at radius 1 is 1.64 bits per heavy atom. The highest BCUT2D eigenvalue weighted by Crippen LogP contribution is 2.34. The average molecular weight is 247 g/mol. The van der Waals surface area contributed by atoms with Gasteiger partial charge >= 0.3 is 0 Å². The van der Waals surface area contributed by atoms with E-state index in [0.29, 0.717) is 31.9 Å². The first-order valence-electron chi connectivity index (χ1n) is 3.94. The second-order valence-corrected chi connectivity index (χ2v) is 4.88. The zero-order valence-electron chi connectivity index (χ0n) is 7.47. The Morgan fingerprint density at radius 3 is 2.64 bits per heavy atom. The van der Waals surface area contributed by atoms with Gasteiger partial charge in [-0.3, -0.25) is 0 Å². The third-order valence-electron chi connectivity index (χ3n) is 1.76. The summed E-state index contributed by atoms with van der Waals surface area (Å²) in [5.41, 5.74) is 7.40. The van der Waals surface area contributed by atoms with Gasteiger partial charge in [0, 0.05) is 5.56 Å². The van der Waals surface area contributed by atoms with Crippen LogP contribution in [0.1, 0.15) is 18.9 Å². The van der Waals surface area contributed by atoms with Crippen molar-refractivity contribution in [2.45, 2.75) is 13.3 Å². The SMILES string of the molecule is CC/C(C#N)=C(/N)c1cc(Cl)sc1Cl. The molecule has 0 aliphatic heterocycles. The van der Waals surface area contributed by atoms with E-state index in [9.17, 15) is 0 Å². The zero-order valence-corrected chi connectivity index (χ0v) is 9.80. The molecule has 1 aromatic rings. The van der Waals surface area contributed by atoms with E-state index in [0.717, 1.165) is 0 Å². The van der Waals surface area contributed by atoms with Crippen LogP contribution in [0, 0.1) is 11.3 Å². The van der Waals surface area contributed by atoms with Crippen LogP contribution in [0.25, 0.3) is 5.70 Å². The minimum atomic E-state index is 0.420. The molecule has 2 nitrogen and oxygen atoms in total. The Morgan fingerprint density at radius 2 is 2.29 bits per heavy atom. The van der Waals surface area contributed by atoms with E-state index in [-0.39, 0.29) is 0 Å². The van der Waals surface area contributed by atoms with Gasteiger partial charge in [0.25, 0.3) is 0 Å². The van der Waals surface area contributed by atoms with Gasteiger partial charge in [0.05, 0.1) is 21.7 Å². The molecule has 0 amide bonds. The molecule has 0 aliphatic rings. The molecule has 0 spiro atoms. The summed E-state index contributed by atoms with van der Waals surface area (Å²) < 4.78 is 1.09. The molecule has 0 atom stereocenters. The maximum atomic E-state index is 8.79. The van der Waals surface area contributed by atoms with Gasteiger partial charge < -0.3 is 5.73 Å². The molecule has 0 radical (unpaired) electrons. The predicted molar refractivity (Wildman–Crippen MR) is 61.4 cm³/mol. The number of thiophene rings is 1. The molecule has 74 valence electrons. The monoisotopic (exact) mass is 246 g/mol. The summed E-state index contributed by atoms with van der Waals surface area (Å²) in [4.78, 5) is 0. The van der Waals surface area contributed by atoms with E-state index in [2.05, 4.69) is 0 Å². The first-order chi connectivity index (χ1) is 6.60. The third kappa shape index (κ3) is 2.21. The van der Waals surface area contributed by atoms with Crippen LogP contribution in [-0.4, -0.2) is 0 Å². The standard InChI is InChI=1S/C9H8Cl2N2S/c1-2-5(4-12)8(13)6-3-7(10)14-9(6)11/h3H,2,13H2,1H3/b8-5-. The molecule has 1 heterocycles. The Hall–Kier alpha value is -0.690. The van der Waals surface area contributed by atoms with Crippen LogP contribution < -0.4 is 5.73 Å². The van der Waals surface area contributed by atoms with Gasteiger partial charge in [0.1, 0.15) is 4.34 Å². The molecule has 0 saturated carbocycles. The Kier molecular flexibility index (Phi) is 3.82. The number of nitrogens with zero attached hydrogens (tertiary/aromatic N) is 1. The highest BCUT2D eigenvalue weighted by Gasteiger charge is 2.11. The van der Waals surface area contributed by atoms with E-state index < -0.39 is 0 Å². The van der Waals surface area contributed by atoms with Crippen molar-refractivity contribution in [3.05, 3.63) is 25.9 Å². The topological polar surface area (TPSA) is 49.8 Å². The number of hydrogen-bond acceptors (Lipinski definition) is 3. The van der Waals surface area contributed by atoms with E-state index in [1.165, 1.54) is 11.3 Å². The first kappa shape index (κ1) is 11.4. The maximum Gasteiger partial charge on any atom is 0.104 e. The molecule has 0 bridgehead atoms. The van der Waals surface area contributed by atoms with E-state index in [4.69, 9.17) is 34.2 Å². The lowest BCUT2D eigenvalue weighted by molar-refractivity contribution is 1.15. The largest absolute Gasteiger partial charge is 0.397 e. The summed E-state index contributed by atoms with van der Waals surface area (Å²) in [6.45, 7) is 1.87. The lowest BCUT2D eigenvalue weighted by Crippen LogP contribution is -1.99. The number of halogens is 2. The number of hydrogen-bond donors (Lipinski definition) is 1. The van der Waals surface area contributed by atoms with Crippen LogP contribution in [0.4, 0.5) is 0 Å².